The van der Waals surface area contributed by atoms with Crippen molar-refractivity contribution in [2.45, 2.75) is 13.8 Å². The Labute approximate surface area is 101 Å². The Morgan fingerprint density at radius 2 is 1.71 bits per heavy atom. The lowest BCUT2D eigenvalue weighted by molar-refractivity contribution is 1.12. The van der Waals surface area contributed by atoms with Gasteiger partial charge in [0.25, 0.3) is 0 Å². The molecule has 0 atom stereocenters. The van der Waals surface area contributed by atoms with Crippen molar-refractivity contribution in [3.8, 4) is 0 Å². The average Bonchev–Trinajstić information content (AvgIpc) is 2.35. The van der Waals surface area contributed by atoms with Crippen molar-refractivity contribution in [3.63, 3.8) is 0 Å². The highest BCUT2D eigenvalue weighted by Gasteiger charge is 1.96. The maximum Gasteiger partial charge on any atom is 0.0906 e. The van der Waals surface area contributed by atoms with Gasteiger partial charge in [-0.25, -0.2) is 0 Å². The minimum atomic E-state index is 0.897. The summed E-state index contributed by atoms with van der Waals surface area (Å²) < 4.78 is 0. The first kappa shape index (κ1) is 11.3. The molecular weight excluding hydrogens is 210 g/mol. The number of benzene rings is 2. The van der Waals surface area contributed by atoms with Gasteiger partial charge in [-0.3, -0.25) is 5.43 Å². The largest absolute Gasteiger partial charge is 0.260 e. The van der Waals surface area contributed by atoms with Crippen LogP contribution in [0.4, 0.5) is 11.4 Å². The van der Waals surface area contributed by atoms with Crippen molar-refractivity contribution in [2.75, 3.05) is 5.43 Å². The Hall–Kier alpha value is -2.16. The molecule has 0 unspecified atom stereocenters. The van der Waals surface area contributed by atoms with Crippen molar-refractivity contribution >= 4 is 11.4 Å². The highest BCUT2D eigenvalue weighted by molar-refractivity contribution is 5.47. The van der Waals surface area contributed by atoms with Gasteiger partial charge in [0.15, 0.2) is 0 Å². The van der Waals surface area contributed by atoms with E-state index in [1.165, 1.54) is 5.56 Å². The molecular formula is C14H15N3. The first-order valence-corrected chi connectivity index (χ1v) is 5.55. The maximum absolute atomic E-state index is 4.18. The van der Waals surface area contributed by atoms with Crippen molar-refractivity contribution in [1.82, 2.24) is 0 Å². The van der Waals surface area contributed by atoms with E-state index in [0.29, 0.717) is 0 Å². The Morgan fingerprint density at radius 1 is 0.941 bits per heavy atom. The summed E-state index contributed by atoms with van der Waals surface area (Å²) in [6.45, 7) is 4.07. The van der Waals surface area contributed by atoms with E-state index in [9.17, 15) is 0 Å². The molecule has 0 aromatic heterocycles. The van der Waals surface area contributed by atoms with Crippen molar-refractivity contribution in [3.05, 3.63) is 59.7 Å². The normalized spacial score (nSPS) is 10.7. The molecule has 0 fully saturated rings. The van der Waals surface area contributed by atoms with E-state index in [1.54, 1.807) is 0 Å². The summed E-state index contributed by atoms with van der Waals surface area (Å²) in [5, 5.41) is 8.16. The summed E-state index contributed by atoms with van der Waals surface area (Å²) in [5.41, 5.74) is 7.03. The number of para-hydroxylation sites is 1. The summed E-state index contributed by atoms with van der Waals surface area (Å²) in [7, 11) is 0. The molecule has 0 saturated carbocycles. The van der Waals surface area contributed by atoms with E-state index in [4.69, 9.17) is 0 Å². The van der Waals surface area contributed by atoms with Gasteiger partial charge in [-0.15, -0.1) is 5.11 Å². The van der Waals surface area contributed by atoms with Crippen molar-refractivity contribution in [2.24, 2.45) is 10.3 Å². The lowest BCUT2D eigenvalue weighted by Crippen LogP contribution is -1.85. The van der Waals surface area contributed by atoms with Crippen LogP contribution in [0.25, 0.3) is 0 Å². The van der Waals surface area contributed by atoms with Crippen LogP contribution in [0.15, 0.2) is 58.9 Å². The zero-order valence-electron chi connectivity index (χ0n) is 10.0. The molecule has 0 bridgehead atoms. The molecule has 0 spiro atoms. The number of hydrogen-bond donors (Lipinski definition) is 1. The summed E-state index contributed by atoms with van der Waals surface area (Å²) in [5.74, 6) is 0. The minimum absolute atomic E-state index is 0.897. The topological polar surface area (TPSA) is 36.8 Å². The van der Waals surface area contributed by atoms with Crippen molar-refractivity contribution in [1.29, 1.82) is 0 Å². The smallest absolute Gasteiger partial charge is 0.0906 e. The van der Waals surface area contributed by atoms with Gasteiger partial charge in [-0.2, -0.15) is 0 Å². The molecule has 3 heteroatoms. The molecule has 3 nitrogen and oxygen atoms in total. The van der Waals surface area contributed by atoms with Gasteiger partial charge in [-0.1, -0.05) is 35.6 Å². The summed E-state index contributed by atoms with van der Waals surface area (Å²) >= 11 is 0. The van der Waals surface area contributed by atoms with E-state index >= 15 is 0 Å². The van der Waals surface area contributed by atoms with Crippen LogP contribution >= 0.6 is 0 Å². The van der Waals surface area contributed by atoms with E-state index in [-0.39, 0.29) is 0 Å². The predicted octanol–water partition coefficient (Wildman–Crippen LogP) is 4.41. The summed E-state index contributed by atoms with van der Waals surface area (Å²) in [4.78, 5) is 0. The van der Waals surface area contributed by atoms with E-state index in [1.807, 2.05) is 56.3 Å². The molecule has 2 rings (SSSR count). The molecule has 0 aliphatic carbocycles. The molecule has 0 aliphatic rings. The average molecular weight is 225 g/mol. The van der Waals surface area contributed by atoms with Gasteiger partial charge in [0.2, 0.25) is 0 Å². The number of nitrogens with one attached hydrogen (secondary N) is 1. The maximum atomic E-state index is 4.18. The van der Waals surface area contributed by atoms with Crippen LogP contribution in [-0.2, 0) is 0 Å². The fourth-order valence-corrected chi connectivity index (χ4v) is 1.48. The molecule has 1 N–H and O–H groups in total. The molecule has 0 heterocycles. The van der Waals surface area contributed by atoms with Gasteiger partial charge in [0, 0.05) is 0 Å². The van der Waals surface area contributed by atoms with Gasteiger partial charge >= 0.3 is 0 Å². The Balaban J connectivity index is 2.08. The van der Waals surface area contributed by atoms with Gasteiger partial charge in [0.1, 0.15) is 0 Å². The third-order valence-corrected chi connectivity index (χ3v) is 2.48. The quantitative estimate of drug-likeness (QED) is 0.609. The highest BCUT2D eigenvalue weighted by Crippen LogP contribution is 2.20. The number of rotatable bonds is 3. The number of nitrogens with zero attached hydrogens (tertiary/aromatic N) is 2. The van der Waals surface area contributed by atoms with E-state index in [0.717, 1.165) is 16.9 Å². The second kappa shape index (κ2) is 5.25. The van der Waals surface area contributed by atoms with Crippen LogP contribution in [0.5, 0.6) is 0 Å². The zero-order valence-corrected chi connectivity index (χ0v) is 10.0. The first-order chi connectivity index (χ1) is 8.25. The molecule has 0 saturated heterocycles. The Kier molecular flexibility index (Phi) is 3.50. The standard InChI is InChI=1S/C14H15N3/c1-11-8-9-12(2)14(10-11)16-17-15-13-6-4-3-5-7-13/h3-10H,1-2H3,(H,15,16). The molecule has 0 aliphatic heterocycles. The third kappa shape index (κ3) is 3.14. The molecule has 0 radical (unpaired) electrons. The van der Waals surface area contributed by atoms with Gasteiger partial charge in [0.05, 0.1) is 11.4 Å². The first-order valence-electron chi connectivity index (χ1n) is 5.55. The van der Waals surface area contributed by atoms with Crippen LogP contribution in [-0.4, -0.2) is 0 Å². The number of hydrogen-bond acceptors (Lipinski definition) is 2. The van der Waals surface area contributed by atoms with Crippen LogP contribution in [0.2, 0.25) is 0 Å². The molecule has 2 aromatic rings. The third-order valence-electron chi connectivity index (χ3n) is 2.48. The summed E-state index contributed by atoms with van der Waals surface area (Å²) in [6.07, 6.45) is 0. The van der Waals surface area contributed by atoms with Crippen LogP contribution in [0.1, 0.15) is 11.1 Å². The SMILES string of the molecule is Cc1ccc(C)c(N=NNc2ccccc2)c1. The monoisotopic (exact) mass is 225 g/mol. The van der Waals surface area contributed by atoms with Crippen LogP contribution < -0.4 is 5.43 Å². The zero-order chi connectivity index (χ0) is 12.1. The minimum Gasteiger partial charge on any atom is -0.260 e. The Morgan fingerprint density at radius 3 is 2.47 bits per heavy atom. The van der Waals surface area contributed by atoms with Gasteiger partial charge in [-0.05, 0) is 43.2 Å². The fourth-order valence-electron chi connectivity index (χ4n) is 1.48. The van der Waals surface area contributed by atoms with Gasteiger partial charge < -0.3 is 0 Å². The van der Waals surface area contributed by atoms with E-state index in [2.05, 4.69) is 21.8 Å². The molecule has 17 heavy (non-hydrogen) atoms. The number of anilines is 1. The Bertz CT molecular complexity index is 518. The lowest BCUT2D eigenvalue weighted by Gasteiger charge is -2.01. The lowest BCUT2D eigenvalue weighted by atomic mass is 10.1. The van der Waals surface area contributed by atoms with Crippen LogP contribution in [0.3, 0.4) is 0 Å². The second-order valence-corrected chi connectivity index (χ2v) is 3.97. The predicted molar refractivity (Wildman–Crippen MR) is 70.5 cm³/mol. The second-order valence-electron chi connectivity index (χ2n) is 3.97. The molecule has 2 aromatic carbocycles. The van der Waals surface area contributed by atoms with Crippen molar-refractivity contribution < 1.29 is 0 Å². The number of aryl methyl sites for hydroxylation is 2. The fraction of sp³-hybridized carbons (Fsp3) is 0.143. The summed E-state index contributed by atoms with van der Waals surface area (Å²) in [6, 6.07) is 15.9. The molecule has 0 amide bonds. The van der Waals surface area contributed by atoms with Crippen LogP contribution in [0, 0.1) is 13.8 Å². The highest BCUT2D eigenvalue weighted by atomic mass is 15.4. The molecule has 86 valence electrons. The van der Waals surface area contributed by atoms with E-state index < -0.39 is 0 Å².